The minimum absolute atomic E-state index is 0.213. The van der Waals surface area contributed by atoms with Crippen LogP contribution in [-0.2, 0) is 17.8 Å². The minimum atomic E-state index is -2.13. The van der Waals surface area contributed by atoms with Gasteiger partial charge in [0.2, 0.25) is 10.0 Å². The molecule has 3 rings (SSSR count). The van der Waals surface area contributed by atoms with E-state index in [0.717, 1.165) is 24.9 Å². The maximum atomic E-state index is 12.7. The molecule has 0 radical (unpaired) electrons. The van der Waals surface area contributed by atoms with Crippen LogP contribution in [0, 0.1) is 10.5 Å². The third-order valence-corrected chi connectivity index (χ3v) is 5.86. The minimum Gasteiger partial charge on any atom is -0.355 e. The lowest BCUT2D eigenvalue weighted by atomic mass is 10.1. The molecular weight excluding hydrogens is 609 g/mol. The molecule has 1 amide bonds. The zero-order valence-corrected chi connectivity index (χ0v) is 21.3. The molecule has 8 nitrogen and oxygen atoms in total. The molecule has 0 aliphatic heterocycles. The highest BCUT2D eigenvalue weighted by Crippen LogP contribution is 2.27. The summed E-state index contributed by atoms with van der Waals surface area (Å²) in [6.07, 6.45) is 0. The molecule has 3 N–H and O–H groups in total. The number of hydrogen-bond acceptors (Lipinski definition) is 4. The van der Waals surface area contributed by atoms with Gasteiger partial charge in [0.05, 0.1) is 11.3 Å². The molecule has 0 heterocycles. The van der Waals surface area contributed by atoms with Gasteiger partial charge in [-0.25, -0.2) is 4.21 Å². The summed E-state index contributed by atoms with van der Waals surface area (Å²) in [6, 6.07) is 18.1. The van der Waals surface area contributed by atoms with Gasteiger partial charge in [-0.15, -0.1) is 0 Å². The summed E-state index contributed by atoms with van der Waals surface area (Å²) >= 11 is 3.52. The highest BCUT2D eigenvalue weighted by molar-refractivity contribution is 14.1. The number of aryl methyl sites for hydroxylation is 1. The number of nitrogens with one attached hydrogen (secondary N) is 2. The molecule has 0 aliphatic carbocycles. The summed E-state index contributed by atoms with van der Waals surface area (Å²) in [7, 11) is 0. The summed E-state index contributed by atoms with van der Waals surface area (Å²) in [6.45, 7) is 2.21. The summed E-state index contributed by atoms with van der Waals surface area (Å²) in [5.41, 5.74) is 4.25. The van der Waals surface area contributed by atoms with E-state index in [1.807, 2.05) is 31.2 Å². The standard InChI is InChI=1S/C21H17BrIN5O3S/c1-13-10-16(23)5-9-19(13)25-20-8-4-15(22)11-18(20)21(29)26-28-24-12-14-2-6-17(7-3-14)27-32(30)31/h2-11,27H,12H2,1H3,(H-,25,29,30,31)/p+1. The van der Waals surface area contributed by atoms with E-state index in [-0.39, 0.29) is 6.54 Å². The van der Waals surface area contributed by atoms with Crippen molar-refractivity contribution in [1.29, 1.82) is 0 Å². The van der Waals surface area contributed by atoms with Crippen molar-refractivity contribution in [3.63, 3.8) is 0 Å². The largest absolute Gasteiger partial charge is 0.362 e. The Morgan fingerprint density at radius 1 is 1.12 bits per heavy atom. The predicted octanol–water partition coefficient (Wildman–Crippen LogP) is 5.97. The lowest BCUT2D eigenvalue weighted by Gasteiger charge is -2.12. The monoisotopic (exact) mass is 626 g/mol. The Morgan fingerprint density at radius 2 is 1.84 bits per heavy atom. The Kier molecular flexibility index (Phi) is 8.65. The van der Waals surface area contributed by atoms with Gasteiger partial charge in [-0.3, -0.25) is 14.1 Å². The number of amides is 1. The quantitative estimate of drug-likeness (QED) is 0.130. The van der Waals surface area contributed by atoms with Crippen molar-refractivity contribution in [3.8, 4) is 0 Å². The van der Waals surface area contributed by atoms with Crippen molar-refractivity contribution < 1.29 is 13.6 Å². The third-order valence-electron chi connectivity index (χ3n) is 4.28. The van der Waals surface area contributed by atoms with Crippen LogP contribution in [-0.4, -0.2) is 14.7 Å². The average molecular weight is 627 g/mol. The van der Waals surface area contributed by atoms with Crippen LogP contribution in [0.15, 0.2) is 75.4 Å². The molecule has 3 aromatic rings. The van der Waals surface area contributed by atoms with E-state index >= 15 is 0 Å². The van der Waals surface area contributed by atoms with Crippen LogP contribution in [0.25, 0.3) is 0 Å². The number of halogens is 2. The zero-order chi connectivity index (χ0) is 23.1. The summed E-state index contributed by atoms with van der Waals surface area (Å²) in [4.78, 5) is 16.3. The van der Waals surface area contributed by atoms with Gasteiger partial charge in [0.1, 0.15) is 11.7 Å². The fourth-order valence-electron chi connectivity index (χ4n) is 2.73. The van der Waals surface area contributed by atoms with Gasteiger partial charge in [-0.2, -0.15) is 0 Å². The van der Waals surface area contributed by atoms with Crippen molar-refractivity contribution in [1.82, 2.24) is 4.91 Å². The molecule has 0 saturated heterocycles. The molecule has 0 spiro atoms. The number of rotatable bonds is 7. The van der Waals surface area contributed by atoms with E-state index < -0.39 is 17.2 Å². The van der Waals surface area contributed by atoms with Crippen molar-refractivity contribution in [2.45, 2.75) is 13.5 Å². The first-order valence-corrected chi connectivity index (χ1v) is 12.2. The maximum absolute atomic E-state index is 12.7. The molecule has 32 heavy (non-hydrogen) atoms. The van der Waals surface area contributed by atoms with Crippen molar-refractivity contribution >= 4 is 72.8 Å². The number of benzene rings is 3. The SMILES string of the molecule is Cc1cc(I)ccc1Nc1ccc(Br)cc1C(=O)N=[N+]=NCc1ccc(NS(=O)O)cc1. The Bertz CT molecular complexity index is 1230. The van der Waals surface area contributed by atoms with Crippen LogP contribution in [0.4, 0.5) is 17.1 Å². The van der Waals surface area contributed by atoms with Gasteiger partial charge in [0.15, 0.2) is 0 Å². The Morgan fingerprint density at radius 3 is 2.53 bits per heavy atom. The molecule has 3 aromatic carbocycles. The lowest BCUT2D eigenvalue weighted by molar-refractivity contribution is 0.0993. The van der Waals surface area contributed by atoms with E-state index in [2.05, 4.69) is 63.7 Å². The summed E-state index contributed by atoms with van der Waals surface area (Å²) < 4.78 is 23.8. The van der Waals surface area contributed by atoms with Crippen molar-refractivity contribution in [2.24, 2.45) is 10.2 Å². The number of anilines is 3. The lowest BCUT2D eigenvalue weighted by Crippen LogP contribution is -2.03. The van der Waals surface area contributed by atoms with Crippen molar-refractivity contribution in [3.05, 3.63) is 85.4 Å². The predicted molar refractivity (Wildman–Crippen MR) is 137 cm³/mol. The second-order valence-corrected chi connectivity index (χ2v) is 9.48. The van der Waals surface area contributed by atoms with Crippen LogP contribution in [0.5, 0.6) is 0 Å². The first kappa shape index (κ1) is 24.2. The van der Waals surface area contributed by atoms with Crippen LogP contribution >= 0.6 is 38.5 Å². The van der Waals surface area contributed by atoms with Crippen LogP contribution < -0.4 is 15.0 Å². The molecule has 0 aliphatic rings. The third kappa shape index (κ3) is 7.04. The number of nitrogens with zero attached hydrogens (tertiary/aromatic N) is 3. The second-order valence-electron chi connectivity index (χ2n) is 6.62. The molecule has 0 fully saturated rings. The number of carbonyl (C=O) groups is 1. The van der Waals surface area contributed by atoms with Crippen LogP contribution in [0.2, 0.25) is 0 Å². The topological polar surface area (TPSA) is 117 Å². The first-order valence-electron chi connectivity index (χ1n) is 9.23. The molecule has 0 saturated carbocycles. The Labute approximate surface area is 209 Å². The number of carbonyl (C=O) groups excluding carboxylic acids is 1. The van der Waals surface area contributed by atoms with Gasteiger partial charge in [-0.1, -0.05) is 28.1 Å². The maximum Gasteiger partial charge on any atom is 0.362 e. The highest BCUT2D eigenvalue weighted by atomic mass is 127. The van der Waals surface area contributed by atoms with Gasteiger partial charge >= 0.3 is 5.91 Å². The normalized spacial score (nSPS) is 11.2. The first-order chi connectivity index (χ1) is 15.3. The molecule has 164 valence electrons. The smallest absolute Gasteiger partial charge is 0.355 e. The van der Waals surface area contributed by atoms with E-state index in [1.54, 1.807) is 36.4 Å². The van der Waals surface area contributed by atoms with Gasteiger partial charge < -0.3 is 5.32 Å². The zero-order valence-electron chi connectivity index (χ0n) is 16.8. The fraction of sp³-hybridized carbons (Fsp3) is 0.0952. The van der Waals surface area contributed by atoms with E-state index in [1.165, 1.54) is 0 Å². The van der Waals surface area contributed by atoms with Crippen LogP contribution in [0.1, 0.15) is 21.5 Å². The average Bonchev–Trinajstić information content (AvgIpc) is 2.75. The van der Waals surface area contributed by atoms with Gasteiger partial charge in [0, 0.05) is 19.4 Å². The summed E-state index contributed by atoms with van der Waals surface area (Å²) in [5.74, 6) is -0.523. The van der Waals surface area contributed by atoms with Gasteiger partial charge in [0.25, 0.3) is 11.3 Å². The Balaban J connectivity index is 1.73. The fourth-order valence-corrected chi connectivity index (χ4v) is 4.08. The van der Waals surface area contributed by atoms with Crippen molar-refractivity contribution in [2.75, 3.05) is 10.0 Å². The molecule has 1 unspecified atom stereocenters. The molecular formula is C21H18BrIN5O3S+. The van der Waals surface area contributed by atoms with E-state index in [0.29, 0.717) is 16.9 Å². The number of hydrogen-bond donors (Lipinski definition) is 3. The van der Waals surface area contributed by atoms with Gasteiger partial charge in [-0.05, 0) is 89.2 Å². The molecule has 0 bridgehead atoms. The highest BCUT2D eigenvalue weighted by Gasteiger charge is 2.17. The summed E-state index contributed by atoms with van der Waals surface area (Å²) in [5, 5.41) is 10.9. The second kappa shape index (κ2) is 11.4. The molecule has 11 heteroatoms. The van der Waals surface area contributed by atoms with E-state index in [9.17, 15) is 9.00 Å². The Hall–Kier alpha value is -2.44. The molecule has 1 atom stereocenters. The van der Waals surface area contributed by atoms with Crippen LogP contribution in [0.3, 0.4) is 0 Å². The van der Waals surface area contributed by atoms with E-state index in [4.69, 9.17) is 4.55 Å². The molecule has 0 aromatic heterocycles.